The van der Waals surface area contributed by atoms with Crippen molar-refractivity contribution in [1.82, 2.24) is 30.4 Å². The Bertz CT molecular complexity index is 878. The molecule has 0 aliphatic carbocycles. The topological polar surface area (TPSA) is 137 Å². The third kappa shape index (κ3) is 3.64. The van der Waals surface area contributed by atoms with Gasteiger partial charge in [0.2, 0.25) is 5.16 Å². The molecule has 0 saturated carbocycles. The molecule has 1 aromatic heterocycles. The number of carbonyl (C=O) groups is 2. The lowest BCUT2D eigenvalue weighted by molar-refractivity contribution is -0.148. The van der Waals surface area contributed by atoms with E-state index in [9.17, 15) is 14.7 Å². The number of β-lactam (4-membered cyclic amide) rings is 1. The average molecular weight is 426 g/mol. The van der Waals surface area contributed by atoms with Gasteiger partial charge in [0, 0.05) is 18.6 Å². The van der Waals surface area contributed by atoms with Crippen LogP contribution in [-0.4, -0.2) is 70.0 Å². The van der Waals surface area contributed by atoms with Gasteiger partial charge < -0.3 is 10.4 Å². The van der Waals surface area contributed by atoms with Crippen LogP contribution in [-0.2, 0) is 16.6 Å². The van der Waals surface area contributed by atoms with Crippen molar-refractivity contribution < 1.29 is 14.7 Å². The minimum Gasteiger partial charge on any atom is -0.477 e. The van der Waals surface area contributed by atoms with Crippen LogP contribution in [0.5, 0.6) is 0 Å². The number of aliphatic carboxylic acids is 1. The third-order valence-corrected chi connectivity index (χ3v) is 7.00. The van der Waals surface area contributed by atoms with Crippen molar-refractivity contribution in [2.45, 2.75) is 23.5 Å². The van der Waals surface area contributed by atoms with Gasteiger partial charge in [-0.1, -0.05) is 24.0 Å². The second-order valence-corrected chi connectivity index (χ2v) is 8.37. The number of amides is 1. The first-order chi connectivity index (χ1) is 12.8. The number of aromatic nitrogens is 4. The molecule has 3 rings (SSSR count). The Morgan fingerprint density at radius 3 is 2.96 bits per heavy atom. The Hall–Kier alpha value is -2.17. The van der Waals surface area contributed by atoms with E-state index in [2.05, 4.69) is 20.8 Å². The molecular formula is C14H15N7O3S3. The van der Waals surface area contributed by atoms with E-state index in [1.54, 1.807) is 14.0 Å². The van der Waals surface area contributed by atoms with Crippen LogP contribution in [0.2, 0.25) is 0 Å². The number of carboxylic acids is 1. The molecule has 1 aromatic rings. The molecule has 1 fully saturated rings. The van der Waals surface area contributed by atoms with E-state index in [4.69, 9.17) is 17.5 Å². The van der Waals surface area contributed by atoms with Gasteiger partial charge in [0.15, 0.2) is 0 Å². The van der Waals surface area contributed by atoms with Gasteiger partial charge >= 0.3 is 5.97 Å². The summed E-state index contributed by atoms with van der Waals surface area (Å²) >= 11 is 7.91. The summed E-state index contributed by atoms with van der Waals surface area (Å²) in [5, 5.41) is 32.8. The van der Waals surface area contributed by atoms with Crippen LogP contribution in [0.3, 0.4) is 0 Å². The van der Waals surface area contributed by atoms with Crippen LogP contribution >= 0.6 is 35.7 Å². The van der Waals surface area contributed by atoms with Crippen molar-refractivity contribution in [1.29, 1.82) is 5.26 Å². The molecule has 2 N–H and O–H groups in total. The lowest BCUT2D eigenvalue weighted by Gasteiger charge is -2.49. The maximum absolute atomic E-state index is 12.6. The zero-order valence-corrected chi connectivity index (χ0v) is 16.8. The zero-order valence-electron chi connectivity index (χ0n) is 14.3. The maximum atomic E-state index is 12.6. The first kappa shape index (κ1) is 19.6. The van der Waals surface area contributed by atoms with Crippen molar-refractivity contribution >= 4 is 52.6 Å². The summed E-state index contributed by atoms with van der Waals surface area (Å²) in [5.41, 5.74) is 0.639. The molecule has 0 bridgehead atoms. The number of nitriles is 1. The van der Waals surface area contributed by atoms with E-state index in [-0.39, 0.29) is 22.0 Å². The average Bonchev–Trinajstić information content (AvgIpc) is 3.07. The van der Waals surface area contributed by atoms with Crippen molar-refractivity contribution in [3.05, 3.63) is 11.3 Å². The van der Waals surface area contributed by atoms with Gasteiger partial charge in [0.1, 0.15) is 17.1 Å². The molecule has 1 amide bonds. The number of tetrazole rings is 1. The van der Waals surface area contributed by atoms with Crippen LogP contribution in [0, 0.1) is 17.2 Å². The van der Waals surface area contributed by atoms with Crippen LogP contribution < -0.4 is 5.32 Å². The third-order valence-electron chi connectivity index (χ3n) is 4.09. The highest BCUT2D eigenvalue weighted by Gasteiger charge is 2.53. The predicted molar refractivity (Wildman–Crippen MR) is 102 cm³/mol. The molecule has 3 atom stereocenters. The van der Waals surface area contributed by atoms with Crippen molar-refractivity contribution in [2.24, 2.45) is 13.0 Å². The Morgan fingerprint density at radius 1 is 1.63 bits per heavy atom. The minimum absolute atomic E-state index is 0.00341. The number of carbonyl (C=O) groups excluding carboxylic acids is 1. The fourth-order valence-electron chi connectivity index (χ4n) is 2.63. The van der Waals surface area contributed by atoms with Gasteiger partial charge in [-0.2, -0.15) is 5.26 Å². The summed E-state index contributed by atoms with van der Waals surface area (Å²) in [6.07, 6.45) is 0. The number of thioether (sulfide) groups is 2. The van der Waals surface area contributed by atoms with E-state index < -0.39 is 17.9 Å². The van der Waals surface area contributed by atoms with Crippen molar-refractivity contribution in [3.8, 4) is 6.07 Å². The van der Waals surface area contributed by atoms with Gasteiger partial charge in [-0.25, -0.2) is 9.48 Å². The molecule has 13 heteroatoms. The Balaban J connectivity index is 1.75. The lowest BCUT2D eigenvalue weighted by atomic mass is 10.0. The van der Waals surface area contributed by atoms with E-state index >= 15 is 0 Å². The highest BCUT2D eigenvalue weighted by molar-refractivity contribution is 8.01. The van der Waals surface area contributed by atoms with Crippen LogP contribution in [0.15, 0.2) is 16.4 Å². The van der Waals surface area contributed by atoms with E-state index in [0.29, 0.717) is 22.2 Å². The highest BCUT2D eigenvalue weighted by Crippen LogP contribution is 2.41. The SMILES string of the molecule is CC(C#N)C(=S)NC1C(=O)N2C(C(=O)O)=C(CSc3nnnn3C)CS[C@H]12. The van der Waals surface area contributed by atoms with Gasteiger partial charge in [-0.3, -0.25) is 9.69 Å². The first-order valence-electron chi connectivity index (χ1n) is 7.80. The summed E-state index contributed by atoms with van der Waals surface area (Å²) in [5.74, 6) is -1.20. The smallest absolute Gasteiger partial charge is 0.352 e. The van der Waals surface area contributed by atoms with E-state index in [1.807, 2.05) is 6.07 Å². The van der Waals surface area contributed by atoms with Crippen molar-refractivity contribution in [2.75, 3.05) is 11.5 Å². The number of hydrogen-bond acceptors (Lipinski definition) is 9. The first-order valence-corrected chi connectivity index (χ1v) is 10.2. The number of nitrogens with zero attached hydrogens (tertiary/aromatic N) is 6. The van der Waals surface area contributed by atoms with E-state index in [1.165, 1.54) is 33.1 Å². The number of thiocarbonyl (C=S) groups is 1. The molecule has 142 valence electrons. The molecule has 0 spiro atoms. The zero-order chi connectivity index (χ0) is 19.7. The molecule has 0 radical (unpaired) electrons. The number of carboxylic acid groups (broad SMARTS) is 1. The fourth-order valence-corrected chi connectivity index (χ4v) is 5.14. The Kier molecular flexibility index (Phi) is 5.68. The van der Waals surface area contributed by atoms with Crippen molar-refractivity contribution in [3.63, 3.8) is 0 Å². The van der Waals surface area contributed by atoms with Gasteiger partial charge in [0.25, 0.3) is 5.91 Å². The summed E-state index contributed by atoms with van der Waals surface area (Å²) in [4.78, 5) is 25.9. The van der Waals surface area contributed by atoms with Crippen LogP contribution in [0.25, 0.3) is 0 Å². The van der Waals surface area contributed by atoms with Gasteiger partial charge in [-0.05, 0) is 22.9 Å². The van der Waals surface area contributed by atoms with Crippen LogP contribution in [0.4, 0.5) is 0 Å². The summed E-state index contributed by atoms with van der Waals surface area (Å²) < 4.78 is 1.50. The molecule has 2 unspecified atom stereocenters. The number of fused-ring (bicyclic) bond motifs is 1. The quantitative estimate of drug-likeness (QED) is 0.362. The Morgan fingerprint density at radius 2 is 2.37 bits per heavy atom. The lowest BCUT2D eigenvalue weighted by Crippen LogP contribution is -2.70. The second-order valence-electron chi connectivity index (χ2n) is 5.88. The maximum Gasteiger partial charge on any atom is 0.352 e. The number of nitrogens with one attached hydrogen (secondary N) is 1. The molecule has 2 aliphatic heterocycles. The highest BCUT2D eigenvalue weighted by atomic mass is 32.2. The fraction of sp³-hybridized carbons (Fsp3) is 0.500. The van der Waals surface area contributed by atoms with Gasteiger partial charge in [-0.15, -0.1) is 16.9 Å². The molecule has 10 nitrogen and oxygen atoms in total. The Labute approximate surface area is 168 Å². The number of rotatable bonds is 6. The molecular weight excluding hydrogens is 410 g/mol. The molecule has 1 saturated heterocycles. The molecule has 0 aromatic carbocycles. The molecule has 2 aliphatic rings. The largest absolute Gasteiger partial charge is 0.477 e. The normalized spacial score (nSPS) is 22.6. The van der Waals surface area contributed by atoms with Crippen LogP contribution in [0.1, 0.15) is 6.92 Å². The van der Waals surface area contributed by atoms with Gasteiger partial charge in [0.05, 0.1) is 17.0 Å². The minimum atomic E-state index is -1.15. The number of hydrogen-bond donors (Lipinski definition) is 2. The predicted octanol–water partition coefficient (Wildman–Crippen LogP) is 0.00128. The van der Waals surface area contributed by atoms with E-state index in [0.717, 1.165) is 0 Å². The number of aryl methyl sites for hydroxylation is 1. The molecule has 27 heavy (non-hydrogen) atoms. The standard InChI is InChI=1S/C14H15N7O3S3/c1-6(3-15)10(25)16-8-11(22)21-9(13(23)24)7(4-26-12(8)21)5-27-14-17-18-19-20(14)2/h6,8,12H,4-5H2,1-2H3,(H,16,25)(H,23,24)/t6?,8?,12-/m1/s1. The molecule has 3 heterocycles. The monoisotopic (exact) mass is 425 g/mol. The summed E-state index contributed by atoms with van der Waals surface area (Å²) in [6.45, 7) is 1.64. The summed E-state index contributed by atoms with van der Waals surface area (Å²) in [7, 11) is 1.70. The second kappa shape index (κ2) is 7.83. The summed E-state index contributed by atoms with van der Waals surface area (Å²) in [6, 6.07) is 1.39.